The number of aromatic nitrogens is 3. The van der Waals surface area contributed by atoms with Gasteiger partial charge in [0.1, 0.15) is 5.82 Å². The van der Waals surface area contributed by atoms with Gasteiger partial charge in [-0.2, -0.15) is 13.2 Å². The standard InChI is InChI=1S/C22H22F3N5O2/c23-22(24,25)17-8-9-18-27-28-20(30(18)14-17)16-7-4-12-29(13-16)19(31)10-11-26-21(32)15-5-2-1-3-6-15/h1-3,5-6,8-9,14,16H,4,7,10-13H2,(H,26,32). The monoisotopic (exact) mass is 445 g/mol. The Hall–Kier alpha value is -3.43. The van der Waals surface area contributed by atoms with Gasteiger partial charge in [0.15, 0.2) is 5.65 Å². The lowest BCUT2D eigenvalue weighted by molar-refractivity contribution is -0.137. The molecule has 4 rings (SSSR count). The van der Waals surface area contributed by atoms with Crippen molar-refractivity contribution in [3.8, 4) is 0 Å². The molecule has 1 aliphatic rings. The number of hydrogen-bond acceptors (Lipinski definition) is 4. The predicted octanol–water partition coefficient (Wildman–Crippen LogP) is 3.27. The summed E-state index contributed by atoms with van der Waals surface area (Å²) < 4.78 is 40.7. The number of nitrogens with one attached hydrogen (secondary N) is 1. The molecule has 0 bridgehead atoms. The SMILES string of the molecule is O=C(NCCC(=O)N1CCCC(c2nnc3ccc(C(F)(F)F)cn23)C1)c1ccccc1. The fourth-order valence-electron chi connectivity index (χ4n) is 3.90. The van der Waals surface area contributed by atoms with Gasteiger partial charge in [-0.05, 0) is 37.1 Å². The Kier molecular flexibility index (Phi) is 6.11. The first-order chi connectivity index (χ1) is 15.3. The summed E-state index contributed by atoms with van der Waals surface area (Å²) in [7, 11) is 0. The fraction of sp³-hybridized carbons (Fsp3) is 0.364. The minimum Gasteiger partial charge on any atom is -0.352 e. The van der Waals surface area contributed by atoms with Gasteiger partial charge in [-0.15, -0.1) is 10.2 Å². The predicted molar refractivity (Wildman–Crippen MR) is 110 cm³/mol. The summed E-state index contributed by atoms with van der Waals surface area (Å²) in [5.41, 5.74) is 0.0823. The number of piperidine rings is 1. The summed E-state index contributed by atoms with van der Waals surface area (Å²) in [6.45, 7) is 1.12. The lowest BCUT2D eigenvalue weighted by Crippen LogP contribution is -2.41. The van der Waals surface area contributed by atoms with Crippen LogP contribution in [0.25, 0.3) is 5.65 Å². The number of alkyl halides is 3. The minimum atomic E-state index is -4.46. The second-order valence-electron chi connectivity index (χ2n) is 7.75. The van der Waals surface area contributed by atoms with E-state index >= 15 is 0 Å². The Balaban J connectivity index is 1.39. The number of carbonyl (C=O) groups is 2. The number of hydrogen-bond donors (Lipinski definition) is 1. The van der Waals surface area contributed by atoms with Gasteiger partial charge in [0.05, 0.1) is 5.56 Å². The zero-order valence-corrected chi connectivity index (χ0v) is 17.2. The van der Waals surface area contributed by atoms with Crippen LogP contribution < -0.4 is 5.32 Å². The van der Waals surface area contributed by atoms with E-state index in [-0.39, 0.29) is 30.7 Å². The first-order valence-corrected chi connectivity index (χ1v) is 10.4. The Morgan fingerprint density at radius 2 is 1.88 bits per heavy atom. The quantitative estimate of drug-likeness (QED) is 0.654. The lowest BCUT2D eigenvalue weighted by atomic mass is 9.97. The molecule has 0 saturated carbocycles. The van der Waals surface area contributed by atoms with E-state index in [9.17, 15) is 22.8 Å². The maximum atomic E-state index is 13.1. The van der Waals surface area contributed by atoms with Crippen LogP contribution in [-0.2, 0) is 11.0 Å². The molecule has 1 aromatic carbocycles. The summed E-state index contributed by atoms with van der Waals surface area (Å²) in [6.07, 6.45) is -1.91. The molecule has 32 heavy (non-hydrogen) atoms. The molecule has 7 nitrogen and oxygen atoms in total. The van der Waals surface area contributed by atoms with Gasteiger partial charge in [0.2, 0.25) is 5.91 Å². The molecule has 1 unspecified atom stereocenters. The third-order valence-corrected chi connectivity index (χ3v) is 5.56. The topological polar surface area (TPSA) is 79.6 Å². The molecule has 0 aliphatic carbocycles. The van der Waals surface area contributed by atoms with Crippen LogP contribution in [0.5, 0.6) is 0 Å². The second-order valence-corrected chi connectivity index (χ2v) is 7.75. The van der Waals surface area contributed by atoms with Crippen molar-refractivity contribution >= 4 is 17.5 Å². The van der Waals surface area contributed by atoms with E-state index in [1.807, 2.05) is 6.07 Å². The van der Waals surface area contributed by atoms with E-state index in [1.54, 1.807) is 29.2 Å². The van der Waals surface area contributed by atoms with Crippen molar-refractivity contribution in [1.82, 2.24) is 24.8 Å². The molecule has 2 amide bonds. The van der Waals surface area contributed by atoms with E-state index in [1.165, 1.54) is 10.5 Å². The summed E-state index contributed by atoms with van der Waals surface area (Å²) in [5, 5.41) is 10.8. The molecular weight excluding hydrogens is 423 g/mol. The molecule has 10 heteroatoms. The van der Waals surface area contributed by atoms with E-state index in [2.05, 4.69) is 15.5 Å². The van der Waals surface area contributed by atoms with Gasteiger partial charge in [0, 0.05) is 43.7 Å². The number of halogens is 3. The minimum absolute atomic E-state index is 0.118. The van der Waals surface area contributed by atoms with Crippen molar-refractivity contribution in [2.45, 2.75) is 31.4 Å². The van der Waals surface area contributed by atoms with Crippen molar-refractivity contribution < 1.29 is 22.8 Å². The Bertz CT molecular complexity index is 1110. The average Bonchev–Trinajstić information content (AvgIpc) is 3.22. The van der Waals surface area contributed by atoms with Gasteiger partial charge < -0.3 is 10.2 Å². The van der Waals surface area contributed by atoms with Crippen LogP contribution in [0.3, 0.4) is 0 Å². The van der Waals surface area contributed by atoms with Crippen LogP contribution in [0.1, 0.15) is 46.9 Å². The highest BCUT2D eigenvalue weighted by Crippen LogP contribution is 2.31. The maximum absolute atomic E-state index is 13.1. The van der Waals surface area contributed by atoms with Crippen molar-refractivity contribution in [3.05, 3.63) is 65.6 Å². The Morgan fingerprint density at radius 1 is 1.09 bits per heavy atom. The smallest absolute Gasteiger partial charge is 0.352 e. The van der Waals surface area contributed by atoms with Crippen LogP contribution >= 0.6 is 0 Å². The molecule has 0 radical (unpaired) electrons. The Morgan fingerprint density at radius 3 is 2.62 bits per heavy atom. The summed E-state index contributed by atoms with van der Waals surface area (Å²) in [5.74, 6) is -0.163. The maximum Gasteiger partial charge on any atom is 0.417 e. The number of likely N-dealkylation sites (tertiary alicyclic amines) is 1. The number of amides is 2. The molecule has 2 aromatic heterocycles. The molecule has 1 aliphatic heterocycles. The number of nitrogens with zero attached hydrogens (tertiary/aromatic N) is 4. The third kappa shape index (κ3) is 4.74. The lowest BCUT2D eigenvalue weighted by Gasteiger charge is -2.32. The van der Waals surface area contributed by atoms with Gasteiger partial charge in [-0.3, -0.25) is 14.0 Å². The molecule has 1 fully saturated rings. The number of pyridine rings is 1. The Labute approximate surface area is 182 Å². The van der Waals surface area contributed by atoms with Crippen LogP contribution in [-0.4, -0.2) is 50.9 Å². The second kappa shape index (κ2) is 8.97. The third-order valence-electron chi connectivity index (χ3n) is 5.56. The summed E-state index contributed by atoms with van der Waals surface area (Å²) in [4.78, 5) is 26.4. The van der Waals surface area contributed by atoms with Gasteiger partial charge in [-0.25, -0.2) is 0 Å². The number of carbonyl (C=O) groups excluding carboxylic acids is 2. The van der Waals surface area contributed by atoms with E-state index in [0.29, 0.717) is 43.0 Å². The summed E-state index contributed by atoms with van der Waals surface area (Å²) in [6, 6.07) is 11.0. The molecule has 1 atom stereocenters. The van der Waals surface area contributed by atoms with Crippen molar-refractivity contribution in [1.29, 1.82) is 0 Å². The van der Waals surface area contributed by atoms with Crippen LogP contribution in [0.4, 0.5) is 13.2 Å². The normalized spacial score (nSPS) is 16.8. The van der Waals surface area contributed by atoms with Crippen LogP contribution in [0.2, 0.25) is 0 Å². The first-order valence-electron chi connectivity index (χ1n) is 10.4. The largest absolute Gasteiger partial charge is 0.417 e. The van der Waals surface area contributed by atoms with E-state index < -0.39 is 11.7 Å². The molecule has 168 valence electrons. The highest BCUT2D eigenvalue weighted by molar-refractivity contribution is 5.94. The van der Waals surface area contributed by atoms with Gasteiger partial charge in [-0.1, -0.05) is 18.2 Å². The first kappa shape index (κ1) is 21.8. The number of benzene rings is 1. The van der Waals surface area contributed by atoms with E-state index in [4.69, 9.17) is 0 Å². The highest BCUT2D eigenvalue weighted by Gasteiger charge is 2.32. The molecule has 3 heterocycles. The van der Waals surface area contributed by atoms with Crippen molar-refractivity contribution in [2.24, 2.45) is 0 Å². The zero-order chi connectivity index (χ0) is 22.7. The van der Waals surface area contributed by atoms with E-state index in [0.717, 1.165) is 12.3 Å². The highest BCUT2D eigenvalue weighted by atomic mass is 19.4. The molecule has 1 saturated heterocycles. The van der Waals surface area contributed by atoms with Crippen LogP contribution in [0.15, 0.2) is 48.7 Å². The summed E-state index contributed by atoms with van der Waals surface area (Å²) >= 11 is 0. The average molecular weight is 445 g/mol. The van der Waals surface area contributed by atoms with Crippen molar-refractivity contribution in [3.63, 3.8) is 0 Å². The number of rotatable bonds is 5. The molecule has 3 aromatic rings. The van der Waals surface area contributed by atoms with Gasteiger partial charge >= 0.3 is 6.18 Å². The fourth-order valence-corrected chi connectivity index (χ4v) is 3.90. The molecule has 0 spiro atoms. The molecular formula is C22H22F3N5O2. The zero-order valence-electron chi connectivity index (χ0n) is 17.2. The van der Waals surface area contributed by atoms with Crippen LogP contribution in [0, 0.1) is 0 Å². The van der Waals surface area contributed by atoms with Crippen molar-refractivity contribution in [2.75, 3.05) is 19.6 Å². The van der Waals surface area contributed by atoms with Gasteiger partial charge in [0.25, 0.3) is 5.91 Å². The molecule has 1 N–H and O–H groups in total. The number of fused-ring (bicyclic) bond motifs is 1.